The van der Waals surface area contributed by atoms with Gasteiger partial charge in [-0.15, -0.1) is 0 Å². The molecule has 0 heterocycles. The molecule has 3 aromatic rings. The average Bonchev–Trinajstić information content (AvgIpc) is 2.72. The minimum atomic E-state index is -0.332. The number of hydrogen-bond acceptors (Lipinski definition) is 4. The lowest BCUT2D eigenvalue weighted by Crippen LogP contribution is -2.23. The first-order valence-corrected chi connectivity index (χ1v) is 9.45. The minimum absolute atomic E-state index is 0.105. The molecule has 5 heteroatoms. The van der Waals surface area contributed by atoms with Gasteiger partial charge in [-0.3, -0.25) is 4.79 Å². The lowest BCUT2D eigenvalue weighted by Gasteiger charge is -2.13. The van der Waals surface area contributed by atoms with E-state index in [1.54, 1.807) is 12.1 Å². The summed E-state index contributed by atoms with van der Waals surface area (Å²) in [7, 11) is 5.61. The molecule has 0 radical (unpaired) electrons. The van der Waals surface area contributed by atoms with Crippen molar-refractivity contribution in [2.75, 3.05) is 21.2 Å². The summed E-state index contributed by atoms with van der Waals surface area (Å²) >= 11 is 0. The van der Waals surface area contributed by atoms with E-state index in [1.807, 2.05) is 38.4 Å². The van der Waals surface area contributed by atoms with E-state index in [-0.39, 0.29) is 17.2 Å². The Kier molecular flexibility index (Phi) is 6.52. The van der Waals surface area contributed by atoms with E-state index < -0.39 is 0 Å². The van der Waals surface area contributed by atoms with Crippen LogP contribution in [0.4, 0.5) is 0 Å². The molecule has 2 N–H and O–H groups in total. The molecule has 29 heavy (non-hydrogen) atoms. The van der Waals surface area contributed by atoms with E-state index in [0.717, 1.165) is 23.2 Å². The maximum Gasteiger partial charge on any atom is 0.255 e. The molecular weight excluding hydrogens is 364 g/mol. The number of benzene rings is 3. The van der Waals surface area contributed by atoms with Crippen molar-refractivity contribution >= 4 is 5.91 Å². The molecule has 1 amide bonds. The Bertz CT molecular complexity index is 982. The van der Waals surface area contributed by atoms with Gasteiger partial charge in [0.1, 0.15) is 11.5 Å². The molecule has 0 bridgehead atoms. The van der Waals surface area contributed by atoms with Gasteiger partial charge in [0.15, 0.2) is 0 Å². The van der Waals surface area contributed by atoms with Gasteiger partial charge < -0.3 is 20.1 Å². The quantitative estimate of drug-likeness (QED) is 0.639. The number of phenols is 1. The summed E-state index contributed by atoms with van der Waals surface area (Å²) in [5.41, 5.74) is 4.65. The summed E-state index contributed by atoms with van der Waals surface area (Å²) < 4.78 is 5.06. The Labute approximate surface area is 171 Å². The van der Waals surface area contributed by atoms with E-state index in [4.69, 9.17) is 4.74 Å². The zero-order chi connectivity index (χ0) is 20.8. The first-order valence-electron chi connectivity index (χ1n) is 9.45. The normalized spacial score (nSPS) is 10.8. The second kappa shape index (κ2) is 9.26. The predicted octanol–water partition coefficient (Wildman–Crippen LogP) is 4.06. The summed E-state index contributed by atoms with van der Waals surface area (Å²) in [4.78, 5) is 14.6. The standard InChI is InChI=1S/C24H26N2O3/c1-26(2)16-17-8-10-18(11-9-17)21-7-5-4-6-19(21)15-25-24(28)22-13-12-20(29-3)14-23(22)27/h4-14,27H,15-16H2,1-3H3,(H,25,28). The molecule has 0 saturated heterocycles. The molecule has 3 rings (SSSR count). The number of nitrogens with one attached hydrogen (secondary N) is 1. The second-order valence-corrected chi connectivity index (χ2v) is 7.16. The molecule has 0 atom stereocenters. The molecule has 0 fully saturated rings. The van der Waals surface area contributed by atoms with Crippen molar-refractivity contribution in [2.45, 2.75) is 13.1 Å². The lowest BCUT2D eigenvalue weighted by molar-refractivity contribution is 0.0948. The predicted molar refractivity (Wildman–Crippen MR) is 115 cm³/mol. The highest BCUT2D eigenvalue weighted by molar-refractivity contribution is 5.97. The summed E-state index contributed by atoms with van der Waals surface area (Å²) in [5.74, 6) is 0.0648. The summed E-state index contributed by atoms with van der Waals surface area (Å²) in [5, 5.41) is 13.0. The van der Waals surface area contributed by atoms with E-state index in [0.29, 0.717) is 12.3 Å². The Morgan fingerprint density at radius 1 is 1.03 bits per heavy atom. The van der Waals surface area contributed by atoms with Gasteiger partial charge in [0.05, 0.1) is 12.7 Å². The highest BCUT2D eigenvalue weighted by atomic mass is 16.5. The second-order valence-electron chi connectivity index (χ2n) is 7.16. The summed E-state index contributed by atoms with van der Waals surface area (Å²) in [6, 6.07) is 21.1. The Morgan fingerprint density at radius 2 is 1.76 bits per heavy atom. The van der Waals surface area contributed by atoms with Crippen molar-refractivity contribution in [2.24, 2.45) is 0 Å². The monoisotopic (exact) mass is 390 g/mol. The van der Waals surface area contributed by atoms with Crippen LogP contribution in [0, 0.1) is 0 Å². The average molecular weight is 390 g/mol. The van der Waals surface area contributed by atoms with E-state index >= 15 is 0 Å². The number of phenolic OH excluding ortho intramolecular Hbond substituents is 1. The van der Waals surface area contributed by atoms with Crippen LogP contribution in [0.15, 0.2) is 66.7 Å². The molecule has 5 nitrogen and oxygen atoms in total. The molecule has 0 unspecified atom stereocenters. The lowest BCUT2D eigenvalue weighted by atomic mass is 9.98. The topological polar surface area (TPSA) is 61.8 Å². The molecule has 0 aliphatic heterocycles. The highest BCUT2D eigenvalue weighted by Gasteiger charge is 2.13. The van der Waals surface area contributed by atoms with Crippen molar-refractivity contribution in [3.63, 3.8) is 0 Å². The van der Waals surface area contributed by atoms with Crippen molar-refractivity contribution in [3.05, 3.63) is 83.4 Å². The highest BCUT2D eigenvalue weighted by Crippen LogP contribution is 2.26. The van der Waals surface area contributed by atoms with Crippen LogP contribution in [0.3, 0.4) is 0 Å². The van der Waals surface area contributed by atoms with Crippen LogP contribution in [0.2, 0.25) is 0 Å². The number of methoxy groups -OCH3 is 1. The Hall–Kier alpha value is -3.31. The molecule has 0 aromatic heterocycles. The van der Waals surface area contributed by atoms with Gasteiger partial charge in [-0.25, -0.2) is 0 Å². The van der Waals surface area contributed by atoms with Crippen LogP contribution >= 0.6 is 0 Å². The van der Waals surface area contributed by atoms with Crippen LogP contribution in [0.1, 0.15) is 21.5 Å². The van der Waals surface area contributed by atoms with E-state index in [1.165, 1.54) is 18.7 Å². The van der Waals surface area contributed by atoms with Gasteiger partial charge in [0, 0.05) is 19.2 Å². The number of hydrogen-bond donors (Lipinski definition) is 2. The third-order valence-corrected chi connectivity index (χ3v) is 4.67. The number of rotatable bonds is 7. The number of amides is 1. The molecule has 0 aliphatic rings. The van der Waals surface area contributed by atoms with Gasteiger partial charge in [-0.05, 0) is 48.5 Å². The largest absolute Gasteiger partial charge is 0.507 e. The van der Waals surface area contributed by atoms with Gasteiger partial charge in [0.25, 0.3) is 5.91 Å². The smallest absolute Gasteiger partial charge is 0.255 e. The molecule has 3 aromatic carbocycles. The van der Waals surface area contributed by atoms with E-state index in [9.17, 15) is 9.90 Å². The zero-order valence-corrected chi connectivity index (χ0v) is 17.0. The number of aromatic hydroxyl groups is 1. The molecule has 0 spiro atoms. The maximum atomic E-state index is 12.5. The van der Waals surface area contributed by atoms with Crippen LogP contribution in [-0.2, 0) is 13.1 Å². The van der Waals surface area contributed by atoms with Gasteiger partial charge in [-0.2, -0.15) is 0 Å². The molecule has 150 valence electrons. The Morgan fingerprint density at radius 3 is 2.41 bits per heavy atom. The maximum absolute atomic E-state index is 12.5. The summed E-state index contributed by atoms with van der Waals surface area (Å²) in [6.07, 6.45) is 0. The fraction of sp³-hybridized carbons (Fsp3) is 0.208. The minimum Gasteiger partial charge on any atom is -0.507 e. The van der Waals surface area contributed by atoms with Crippen molar-refractivity contribution in [3.8, 4) is 22.6 Å². The zero-order valence-electron chi connectivity index (χ0n) is 17.0. The van der Waals surface area contributed by atoms with Crippen LogP contribution < -0.4 is 10.1 Å². The van der Waals surface area contributed by atoms with Crippen LogP contribution in [0.25, 0.3) is 11.1 Å². The van der Waals surface area contributed by atoms with Crippen molar-refractivity contribution in [1.82, 2.24) is 10.2 Å². The molecular formula is C24H26N2O3. The van der Waals surface area contributed by atoms with Crippen molar-refractivity contribution < 1.29 is 14.6 Å². The number of carbonyl (C=O) groups excluding carboxylic acids is 1. The number of nitrogens with zero attached hydrogens (tertiary/aromatic N) is 1. The first-order chi connectivity index (χ1) is 14.0. The fourth-order valence-electron chi connectivity index (χ4n) is 3.21. The molecule has 0 aliphatic carbocycles. The number of ether oxygens (including phenoxy) is 1. The van der Waals surface area contributed by atoms with Gasteiger partial charge >= 0.3 is 0 Å². The third-order valence-electron chi connectivity index (χ3n) is 4.67. The van der Waals surface area contributed by atoms with Crippen molar-refractivity contribution in [1.29, 1.82) is 0 Å². The number of carbonyl (C=O) groups is 1. The van der Waals surface area contributed by atoms with Gasteiger partial charge in [0.2, 0.25) is 0 Å². The SMILES string of the molecule is COc1ccc(C(=O)NCc2ccccc2-c2ccc(CN(C)C)cc2)c(O)c1. The van der Waals surface area contributed by atoms with E-state index in [2.05, 4.69) is 34.5 Å². The Balaban J connectivity index is 1.75. The molecule has 0 saturated carbocycles. The first kappa shape index (κ1) is 20.4. The van der Waals surface area contributed by atoms with Gasteiger partial charge in [-0.1, -0.05) is 48.5 Å². The summed E-state index contributed by atoms with van der Waals surface area (Å²) in [6.45, 7) is 1.25. The fourth-order valence-corrected chi connectivity index (χ4v) is 3.21. The van der Waals surface area contributed by atoms with Crippen LogP contribution in [-0.4, -0.2) is 37.1 Å². The van der Waals surface area contributed by atoms with Crippen LogP contribution in [0.5, 0.6) is 11.5 Å². The third kappa shape index (κ3) is 5.15.